The molecule has 0 aliphatic carbocycles. The molecule has 1 aromatic rings. The lowest BCUT2D eigenvalue weighted by atomic mass is 10.00. The number of carboxylic acids is 1. The number of benzene rings is 1. The highest BCUT2D eigenvalue weighted by atomic mass is 79.9. The van der Waals surface area contributed by atoms with Crippen LogP contribution >= 0.6 is 15.9 Å². The van der Waals surface area contributed by atoms with Crippen LogP contribution in [0.3, 0.4) is 0 Å². The molecule has 1 aromatic carbocycles. The van der Waals surface area contributed by atoms with Crippen LogP contribution in [0.2, 0.25) is 0 Å². The van der Waals surface area contributed by atoms with Crippen molar-refractivity contribution >= 4 is 33.6 Å². The van der Waals surface area contributed by atoms with Crippen molar-refractivity contribution < 1.29 is 14.7 Å². The van der Waals surface area contributed by atoms with Gasteiger partial charge in [-0.25, -0.2) is 9.59 Å². The Kier molecular flexibility index (Phi) is 4.04. The van der Waals surface area contributed by atoms with Crippen LogP contribution < -0.4 is 5.32 Å². The summed E-state index contributed by atoms with van der Waals surface area (Å²) < 4.78 is 0.780. The highest BCUT2D eigenvalue weighted by molar-refractivity contribution is 9.10. The lowest BCUT2D eigenvalue weighted by molar-refractivity contribution is -0.146. The average Bonchev–Trinajstić information content (AvgIpc) is 2.76. The molecule has 1 heterocycles. The van der Waals surface area contributed by atoms with Crippen molar-refractivity contribution in [2.45, 2.75) is 32.2 Å². The van der Waals surface area contributed by atoms with Gasteiger partial charge in [-0.3, -0.25) is 0 Å². The van der Waals surface area contributed by atoms with Crippen molar-refractivity contribution in [3.05, 3.63) is 28.2 Å². The quantitative estimate of drug-likeness (QED) is 0.868. The van der Waals surface area contributed by atoms with E-state index in [0.29, 0.717) is 25.1 Å². The fourth-order valence-electron chi connectivity index (χ4n) is 2.42. The Morgan fingerprint density at radius 2 is 2.15 bits per heavy atom. The minimum atomic E-state index is -1.12. The number of nitrogens with one attached hydrogen (secondary N) is 1. The Morgan fingerprint density at radius 3 is 2.75 bits per heavy atom. The summed E-state index contributed by atoms with van der Waals surface area (Å²) in [5, 5.41) is 12.1. The molecular formula is C14H17BrN2O3. The van der Waals surface area contributed by atoms with Crippen molar-refractivity contribution in [1.29, 1.82) is 0 Å². The predicted octanol–water partition coefficient (Wildman–Crippen LogP) is 3.23. The molecule has 2 amide bonds. The van der Waals surface area contributed by atoms with Gasteiger partial charge in [0.25, 0.3) is 0 Å². The number of hydrogen-bond acceptors (Lipinski definition) is 2. The Balaban J connectivity index is 2.18. The van der Waals surface area contributed by atoms with E-state index in [1.165, 1.54) is 4.90 Å². The smallest absolute Gasteiger partial charge is 0.329 e. The molecule has 0 spiro atoms. The van der Waals surface area contributed by atoms with Crippen LogP contribution in [0.15, 0.2) is 22.7 Å². The van der Waals surface area contributed by atoms with E-state index in [-0.39, 0.29) is 6.03 Å². The highest BCUT2D eigenvalue weighted by Gasteiger charge is 2.46. The summed E-state index contributed by atoms with van der Waals surface area (Å²) in [4.78, 5) is 25.1. The normalized spacial score (nSPS) is 21.9. The van der Waals surface area contributed by atoms with Crippen LogP contribution in [0.4, 0.5) is 10.5 Å². The van der Waals surface area contributed by atoms with E-state index in [4.69, 9.17) is 0 Å². The molecule has 1 unspecified atom stereocenters. The maximum Gasteiger partial charge on any atom is 0.329 e. The first-order chi connectivity index (χ1) is 9.34. The number of rotatable bonds is 2. The zero-order valence-corrected chi connectivity index (χ0v) is 13.0. The average molecular weight is 341 g/mol. The van der Waals surface area contributed by atoms with Crippen LogP contribution in [-0.2, 0) is 4.79 Å². The third kappa shape index (κ3) is 2.65. The molecule has 2 N–H and O–H groups in total. The molecule has 1 atom stereocenters. The van der Waals surface area contributed by atoms with Crippen molar-refractivity contribution in [2.75, 3.05) is 11.9 Å². The third-order valence-corrected chi connectivity index (χ3v) is 4.37. The van der Waals surface area contributed by atoms with Gasteiger partial charge in [0.1, 0.15) is 5.54 Å². The number of urea groups is 1. The van der Waals surface area contributed by atoms with Gasteiger partial charge in [-0.05, 0) is 60.3 Å². The Bertz CT molecular complexity index is 561. The predicted molar refractivity (Wildman–Crippen MR) is 79.9 cm³/mol. The second-order valence-corrected chi connectivity index (χ2v) is 6.10. The molecule has 20 heavy (non-hydrogen) atoms. The molecule has 0 saturated carbocycles. The number of carbonyl (C=O) groups is 2. The molecule has 2 rings (SSSR count). The molecule has 1 aliphatic rings. The van der Waals surface area contributed by atoms with Crippen LogP contribution in [0.1, 0.15) is 25.3 Å². The van der Waals surface area contributed by atoms with Crippen molar-refractivity contribution in [2.24, 2.45) is 0 Å². The molecular weight excluding hydrogens is 324 g/mol. The van der Waals surface area contributed by atoms with Gasteiger partial charge in [-0.15, -0.1) is 0 Å². The van der Waals surface area contributed by atoms with Crippen molar-refractivity contribution in [3.63, 3.8) is 0 Å². The highest BCUT2D eigenvalue weighted by Crippen LogP contribution is 2.31. The SMILES string of the molecule is Cc1ccc(NC(=O)N2CCCC2(C)C(=O)O)c(Br)c1. The third-order valence-electron chi connectivity index (χ3n) is 3.71. The number of carbonyl (C=O) groups excluding carboxylic acids is 1. The van der Waals surface area contributed by atoms with Gasteiger partial charge < -0.3 is 15.3 Å². The monoisotopic (exact) mass is 340 g/mol. The number of likely N-dealkylation sites (tertiary alicyclic amines) is 1. The van der Waals surface area contributed by atoms with E-state index in [1.807, 2.05) is 19.1 Å². The first-order valence-corrected chi connectivity index (χ1v) is 7.22. The summed E-state index contributed by atoms with van der Waals surface area (Å²) in [7, 11) is 0. The number of hydrogen-bond donors (Lipinski definition) is 2. The van der Waals surface area contributed by atoms with Crippen LogP contribution in [0.25, 0.3) is 0 Å². The van der Waals surface area contributed by atoms with Gasteiger partial charge in [-0.1, -0.05) is 6.07 Å². The Hall–Kier alpha value is -1.56. The molecule has 1 fully saturated rings. The molecule has 1 saturated heterocycles. The number of aliphatic carboxylic acids is 1. The summed E-state index contributed by atoms with van der Waals surface area (Å²) in [5.74, 6) is -0.965. The van der Waals surface area contributed by atoms with Crippen LogP contribution in [0.5, 0.6) is 0 Å². The maximum atomic E-state index is 12.3. The fraction of sp³-hybridized carbons (Fsp3) is 0.429. The number of amides is 2. The van der Waals surface area contributed by atoms with Gasteiger partial charge in [0.15, 0.2) is 0 Å². The molecule has 5 nitrogen and oxygen atoms in total. The van der Waals surface area contributed by atoms with Crippen molar-refractivity contribution in [3.8, 4) is 0 Å². The van der Waals surface area contributed by atoms with Crippen LogP contribution in [-0.4, -0.2) is 34.1 Å². The molecule has 6 heteroatoms. The molecule has 0 aromatic heterocycles. The summed E-state index contributed by atoms with van der Waals surface area (Å²) in [6.45, 7) is 4.00. The number of aryl methyl sites for hydroxylation is 1. The van der Waals surface area contributed by atoms with E-state index >= 15 is 0 Å². The van der Waals surface area contributed by atoms with E-state index in [0.717, 1.165) is 10.0 Å². The van der Waals surface area contributed by atoms with E-state index < -0.39 is 11.5 Å². The number of nitrogens with zero attached hydrogens (tertiary/aromatic N) is 1. The zero-order chi connectivity index (χ0) is 14.9. The first-order valence-electron chi connectivity index (χ1n) is 6.43. The molecule has 1 aliphatic heterocycles. The fourth-order valence-corrected chi connectivity index (χ4v) is 3.01. The largest absolute Gasteiger partial charge is 0.480 e. The summed E-state index contributed by atoms with van der Waals surface area (Å²) in [6, 6.07) is 5.21. The second-order valence-electron chi connectivity index (χ2n) is 5.25. The molecule has 108 valence electrons. The van der Waals surface area contributed by atoms with E-state index in [2.05, 4.69) is 21.2 Å². The Morgan fingerprint density at radius 1 is 1.45 bits per heavy atom. The standard InChI is InChI=1S/C14H17BrN2O3/c1-9-4-5-11(10(15)8-9)16-13(20)17-7-3-6-14(17,2)12(18)19/h4-5,8H,3,6-7H2,1-2H3,(H,16,20)(H,18,19). The zero-order valence-electron chi connectivity index (χ0n) is 11.4. The van der Waals surface area contributed by atoms with Gasteiger partial charge in [0, 0.05) is 11.0 Å². The molecule has 0 bridgehead atoms. The minimum absolute atomic E-state index is 0.378. The van der Waals surface area contributed by atoms with Gasteiger partial charge in [0.2, 0.25) is 0 Å². The number of carboxylic acid groups (broad SMARTS) is 1. The Labute approximate surface area is 126 Å². The molecule has 0 radical (unpaired) electrons. The van der Waals surface area contributed by atoms with Crippen LogP contribution in [0, 0.1) is 6.92 Å². The van der Waals surface area contributed by atoms with Gasteiger partial charge in [0.05, 0.1) is 5.69 Å². The number of anilines is 1. The van der Waals surface area contributed by atoms with Gasteiger partial charge >= 0.3 is 12.0 Å². The summed E-state index contributed by atoms with van der Waals surface area (Å²) in [6.07, 6.45) is 1.18. The second kappa shape index (κ2) is 5.44. The maximum absolute atomic E-state index is 12.3. The lowest BCUT2D eigenvalue weighted by Crippen LogP contribution is -2.52. The topological polar surface area (TPSA) is 69.6 Å². The van der Waals surface area contributed by atoms with Gasteiger partial charge in [-0.2, -0.15) is 0 Å². The minimum Gasteiger partial charge on any atom is -0.480 e. The van der Waals surface area contributed by atoms with E-state index in [9.17, 15) is 14.7 Å². The van der Waals surface area contributed by atoms with Crippen molar-refractivity contribution in [1.82, 2.24) is 4.90 Å². The summed E-state index contributed by atoms with van der Waals surface area (Å²) in [5.41, 5.74) is 0.591. The first kappa shape index (κ1) is 14.8. The lowest BCUT2D eigenvalue weighted by Gasteiger charge is -2.31. The summed E-state index contributed by atoms with van der Waals surface area (Å²) >= 11 is 3.39. The number of halogens is 1. The van der Waals surface area contributed by atoms with E-state index in [1.54, 1.807) is 13.0 Å².